The van der Waals surface area contributed by atoms with E-state index in [-0.39, 0.29) is 24.0 Å². The Kier molecular flexibility index (Phi) is 4.19. The second kappa shape index (κ2) is 5.04. The van der Waals surface area contributed by atoms with Crippen molar-refractivity contribution in [1.82, 2.24) is 5.32 Å². The molecule has 0 bridgehead atoms. The SMILES string of the molecule is COc1cccc(C2(C)NCCC2O)c1.Cl. The zero-order valence-electron chi connectivity index (χ0n) is 9.56. The normalized spacial score (nSPS) is 28.6. The molecule has 0 aromatic heterocycles. The van der Waals surface area contributed by atoms with E-state index in [9.17, 15) is 5.11 Å². The lowest BCUT2D eigenvalue weighted by Crippen LogP contribution is -2.41. The standard InChI is InChI=1S/C12H17NO2.ClH/c1-12(11(14)6-7-13-12)9-4-3-5-10(8-9)15-2;/h3-5,8,11,13-14H,6-7H2,1-2H3;1H. The summed E-state index contributed by atoms with van der Waals surface area (Å²) >= 11 is 0. The van der Waals surface area contributed by atoms with Gasteiger partial charge in [-0.3, -0.25) is 0 Å². The van der Waals surface area contributed by atoms with Crippen LogP contribution in [0.15, 0.2) is 24.3 Å². The molecule has 1 aromatic carbocycles. The third-order valence-corrected chi connectivity index (χ3v) is 3.25. The predicted octanol–water partition coefficient (Wildman–Crippen LogP) is 1.69. The molecule has 0 saturated carbocycles. The van der Waals surface area contributed by atoms with Crippen molar-refractivity contribution >= 4 is 12.4 Å². The number of benzene rings is 1. The Morgan fingerprint density at radius 3 is 2.81 bits per heavy atom. The van der Waals surface area contributed by atoms with Crippen LogP contribution in [-0.2, 0) is 5.54 Å². The molecular formula is C12H18ClNO2. The molecule has 1 aromatic rings. The summed E-state index contributed by atoms with van der Waals surface area (Å²) < 4.78 is 5.19. The lowest BCUT2D eigenvalue weighted by Gasteiger charge is -2.29. The monoisotopic (exact) mass is 243 g/mol. The highest BCUT2D eigenvalue weighted by molar-refractivity contribution is 5.85. The Labute approximate surface area is 102 Å². The number of aliphatic hydroxyl groups excluding tert-OH is 1. The van der Waals surface area contributed by atoms with Crippen LogP contribution in [0.1, 0.15) is 18.9 Å². The van der Waals surface area contributed by atoms with Gasteiger partial charge in [-0.2, -0.15) is 0 Å². The van der Waals surface area contributed by atoms with Gasteiger partial charge in [-0.25, -0.2) is 0 Å². The molecule has 2 atom stereocenters. The Morgan fingerprint density at radius 2 is 2.25 bits per heavy atom. The van der Waals surface area contributed by atoms with Crippen molar-refractivity contribution in [3.63, 3.8) is 0 Å². The average molecular weight is 244 g/mol. The Hall–Kier alpha value is -0.770. The number of methoxy groups -OCH3 is 1. The summed E-state index contributed by atoms with van der Waals surface area (Å²) in [5, 5.41) is 13.3. The number of halogens is 1. The van der Waals surface area contributed by atoms with Crippen LogP contribution >= 0.6 is 12.4 Å². The molecule has 90 valence electrons. The van der Waals surface area contributed by atoms with Crippen LogP contribution in [0.25, 0.3) is 0 Å². The first kappa shape index (κ1) is 13.3. The van der Waals surface area contributed by atoms with Crippen molar-refractivity contribution in [3.05, 3.63) is 29.8 Å². The van der Waals surface area contributed by atoms with Crippen LogP contribution in [0.2, 0.25) is 0 Å². The van der Waals surface area contributed by atoms with E-state index in [4.69, 9.17) is 4.74 Å². The molecule has 1 heterocycles. The summed E-state index contributed by atoms with van der Waals surface area (Å²) in [6.07, 6.45) is 0.470. The molecule has 0 amide bonds. The predicted molar refractivity (Wildman–Crippen MR) is 66.2 cm³/mol. The van der Waals surface area contributed by atoms with Crippen LogP contribution in [-0.4, -0.2) is 24.9 Å². The van der Waals surface area contributed by atoms with Crippen molar-refractivity contribution in [3.8, 4) is 5.75 Å². The minimum Gasteiger partial charge on any atom is -0.497 e. The zero-order valence-corrected chi connectivity index (χ0v) is 10.4. The summed E-state index contributed by atoms with van der Waals surface area (Å²) in [5.41, 5.74) is 0.737. The summed E-state index contributed by atoms with van der Waals surface area (Å²) in [6, 6.07) is 7.85. The van der Waals surface area contributed by atoms with Gasteiger partial charge in [0.2, 0.25) is 0 Å². The summed E-state index contributed by atoms with van der Waals surface area (Å²) in [7, 11) is 1.65. The van der Waals surface area contributed by atoms with E-state index in [1.165, 1.54) is 0 Å². The molecule has 3 nitrogen and oxygen atoms in total. The lowest BCUT2D eigenvalue weighted by atomic mass is 9.88. The molecule has 4 heteroatoms. The summed E-state index contributed by atoms with van der Waals surface area (Å²) in [4.78, 5) is 0. The Bertz CT molecular complexity index is 359. The molecule has 0 radical (unpaired) electrons. The molecule has 1 saturated heterocycles. The number of ether oxygens (including phenoxy) is 1. The fraction of sp³-hybridized carbons (Fsp3) is 0.500. The van der Waals surface area contributed by atoms with E-state index in [1.54, 1.807) is 7.11 Å². The van der Waals surface area contributed by atoms with E-state index < -0.39 is 0 Å². The number of hydrogen-bond acceptors (Lipinski definition) is 3. The first-order valence-corrected chi connectivity index (χ1v) is 5.24. The van der Waals surface area contributed by atoms with Crippen LogP contribution in [0.5, 0.6) is 5.75 Å². The van der Waals surface area contributed by atoms with E-state index in [0.717, 1.165) is 24.3 Å². The van der Waals surface area contributed by atoms with Gasteiger partial charge in [-0.1, -0.05) is 12.1 Å². The maximum Gasteiger partial charge on any atom is 0.119 e. The molecule has 1 fully saturated rings. The molecule has 2 N–H and O–H groups in total. The molecule has 0 aliphatic carbocycles. The minimum atomic E-state index is -0.339. The van der Waals surface area contributed by atoms with Gasteiger partial charge >= 0.3 is 0 Å². The fourth-order valence-electron chi connectivity index (χ4n) is 2.12. The van der Waals surface area contributed by atoms with Crippen molar-refractivity contribution in [2.75, 3.05) is 13.7 Å². The maximum absolute atomic E-state index is 9.96. The third-order valence-electron chi connectivity index (χ3n) is 3.25. The molecule has 1 aliphatic heterocycles. The second-order valence-electron chi connectivity index (χ2n) is 4.17. The van der Waals surface area contributed by atoms with Gasteiger partial charge in [0.05, 0.1) is 18.8 Å². The quantitative estimate of drug-likeness (QED) is 0.831. The van der Waals surface area contributed by atoms with Gasteiger partial charge in [0.15, 0.2) is 0 Å². The first-order chi connectivity index (χ1) is 7.16. The van der Waals surface area contributed by atoms with E-state index in [2.05, 4.69) is 5.32 Å². The highest BCUT2D eigenvalue weighted by atomic mass is 35.5. The molecule has 16 heavy (non-hydrogen) atoms. The number of aliphatic hydroxyl groups is 1. The van der Waals surface area contributed by atoms with E-state index >= 15 is 0 Å². The molecule has 2 unspecified atom stereocenters. The lowest BCUT2D eigenvalue weighted by molar-refractivity contribution is 0.107. The van der Waals surface area contributed by atoms with Gasteiger partial charge in [0, 0.05) is 0 Å². The van der Waals surface area contributed by atoms with Crippen LogP contribution < -0.4 is 10.1 Å². The number of hydrogen-bond donors (Lipinski definition) is 2. The van der Waals surface area contributed by atoms with Gasteiger partial charge in [-0.15, -0.1) is 12.4 Å². The smallest absolute Gasteiger partial charge is 0.119 e. The zero-order chi connectivity index (χ0) is 10.9. The third kappa shape index (κ3) is 2.17. The summed E-state index contributed by atoms with van der Waals surface area (Å²) in [5.74, 6) is 0.828. The summed E-state index contributed by atoms with van der Waals surface area (Å²) in [6.45, 7) is 2.88. The van der Waals surface area contributed by atoms with Gasteiger partial charge in [0.1, 0.15) is 5.75 Å². The van der Waals surface area contributed by atoms with E-state index in [0.29, 0.717) is 0 Å². The first-order valence-electron chi connectivity index (χ1n) is 5.24. The van der Waals surface area contributed by atoms with Gasteiger partial charge in [0.25, 0.3) is 0 Å². The van der Waals surface area contributed by atoms with Crippen molar-refractivity contribution in [2.24, 2.45) is 0 Å². The maximum atomic E-state index is 9.96. The molecule has 1 aliphatic rings. The van der Waals surface area contributed by atoms with Crippen LogP contribution in [0.4, 0.5) is 0 Å². The average Bonchev–Trinajstić information content (AvgIpc) is 2.61. The highest BCUT2D eigenvalue weighted by Gasteiger charge is 2.38. The van der Waals surface area contributed by atoms with Crippen LogP contribution in [0.3, 0.4) is 0 Å². The van der Waals surface area contributed by atoms with Crippen LogP contribution in [0, 0.1) is 0 Å². The highest BCUT2D eigenvalue weighted by Crippen LogP contribution is 2.32. The Morgan fingerprint density at radius 1 is 1.50 bits per heavy atom. The number of nitrogens with one attached hydrogen (secondary N) is 1. The van der Waals surface area contributed by atoms with Crippen molar-refractivity contribution < 1.29 is 9.84 Å². The second-order valence-corrected chi connectivity index (χ2v) is 4.17. The van der Waals surface area contributed by atoms with Gasteiger partial charge in [-0.05, 0) is 37.6 Å². The van der Waals surface area contributed by atoms with Gasteiger partial charge < -0.3 is 15.2 Å². The molecule has 0 spiro atoms. The van der Waals surface area contributed by atoms with Crippen molar-refractivity contribution in [1.29, 1.82) is 0 Å². The largest absolute Gasteiger partial charge is 0.497 e. The Balaban J connectivity index is 0.00000128. The van der Waals surface area contributed by atoms with Crippen molar-refractivity contribution in [2.45, 2.75) is 25.0 Å². The molecule has 2 rings (SSSR count). The van der Waals surface area contributed by atoms with E-state index in [1.807, 2.05) is 31.2 Å². The minimum absolute atomic E-state index is 0. The fourth-order valence-corrected chi connectivity index (χ4v) is 2.12. The molecular weight excluding hydrogens is 226 g/mol. The topological polar surface area (TPSA) is 41.5 Å². The number of rotatable bonds is 2.